The van der Waals surface area contributed by atoms with Gasteiger partial charge in [-0.25, -0.2) is 4.98 Å². The molecule has 1 heterocycles. The normalized spacial score (nSPS) is 10.7. The first-order valence-electron chi connectivity index (χ1n) is 8.33. The maximum absolute atomic E-state index is 12.8. The van der Waals surface area contributed by atoms with E-state index in [1.807, 2.05) is 24.3 Å². The lowest BCUT2D eigenvalue weighted by atomic mass is 10.2. The molecular weight excluding hydrogens is 384 g/mol. The van der Waals surface area contributed by atoms with Crippen LogP contribution >= 0.6 is 23.4 Å². The molecule has 140 valence electrons. The number of ether oxygens (including phenoxy) is 2. The van der Waals surface area contributed by atoms with Crippen molar-refractivity contribution in [2.24, 2.45) is 0 Å². The fourth-order valence-corrected chi connectivity index (χ4v) is 3.53. The Kier molecular flexibility index (Phi) is 6.42. The number of halogens is 1. The first-order valence-corrected chi connectivity index (χ1v) is 9.69. The van der Waals surface area contributed by atoms with E-state index in [9.17, 15) is 4.79 Å². The van der Waals surface area contributed by atoms with Gasteiger partial charge in [-0.1, -0.05) is 29.4 Å². The summed E-state index contributed by atoms with van der Waals surface area (Å²) >= 11 is 7.48. The number of thioether (sulfide) groups is 1. The van der Waals surface area contributed by atoms with Gasteiger partial charge in [-0.15, -0.1) is 6.58 Å². The highest BCUT2D eigenvalue weighted by atomic mass is 35.5. The lowest BCUT2D eigenvalue weighted by molar-refractivity contribution is 0.342. The predicted octanol–water partition coefficient (Wildman–Crippen LogP) is 4.42. The second-order valence-electron chi connectivity index (χ2n) is 5.63. The molecule has 0 N–H and O–H groups in total. The van der Waals surface area contributed by atoms with E-state index in [0.29, 0.717) is 40.0 Å². The van der Waals surface area contributed by atoms with Gasteiger partial charge in [0.05, 0.1) is 24.6 Å². The molecule has 1 aromatic heterocycles. The maximum atomic E-state index is 12.8. The monoisotopic (exact) mass is 402 g/mol. The Morgan fingerprint density at radius 1 is 1.22 bits per heavy atom. The minimum absolute atomic E-state index is 0.124. The van der Waals surface area contributed by atoms with Crippen LogP contribution in [0.3, 0.4) is 0 Å². The van der Waals surface area contributed by atoms with Crippen molar-refractivity contribution in [2.75, 3.05) is 19.5 Å². The Balaban J connectivity index is 1.73. The average Bonchev–Trinajstić information content (AvgIpc) is 2.69. The number of rotatable bonds is 8. The molecule has 5 nitrogen and oxygen atoms in total. The number of allylic oxidation sites excluding steroid dienone is 1. The molecule has 3 aromatic rings. The van der Waals surface area contributed by atoms with E-state index >= 15 is 0 Å². The summed E-state index contributed by atoms with van der Waals surface area (Å²) in [5.41, 5.74) is 0.504. The van der Waals surface area contributed by atoms with Gasteiger partial charge in [-0.3, -0.25) is 9.36 Å². The van der Waals surface area contributed by atoms with Crippen molar-refractivity contribution in [2.45, 2.75) is 11.7 Å². The number of aromatic nitrogens is 2. The number of fused-ring (bicyclic) bond motifs is 1. The van der Waals surface area contributed by atoms with Gasteiger partial charge in [0.1, 0.15) is 11.5 Å². The van der Waals surface area contributed by atoms with Crippen LogP contribution in [0.1, 0.15) is 0 Å². The topological polar surface area (TPSA) is 53.4 Å². The van der Waals surface area contributed by atoms with Crippen molar-refractivity contribution in [3.05, 3.63) is 70.5 Å². The molecule has 0 aliphatic carbocycles. The molecule has 0 saturated heterocycles. The molecule has 0 bridgehead atoms. The van der Waals surface area contributed by atoms with Gasteiger partial charge in [0, 0.05) is 17.3 Å². The first kappa shape index (κ1) is 19.3. The predicted molar refractivity (Wildman–Crippen MR) is 110 cm³/mol. The van der Waals surface area contributed by atoms with Crippen LogP contribution in [0.4, 0.5) is 0 Å². The summed E-state index contributed by atoms with van der Waals surface area (Å²) in [7, 11) is 1.62. The average molecular weight is 403 g/mol. The number of hydrogen-bond acceptors (Lipinski definition) is 5. The third-order valence-electron chi connectivity index (χ3n) is 3.84. The largest absolute Gasteiger partial charge is 0.497 e. The quantitative estimate of drug-likeness (QED) is 0.242. The number of methoxy groups -OCH3 is 1. The maximum Gasteiger partial charge on any atom is 0.262 e. The van der Waals surface area contributed by atoms with Gasteiger partial charge in [0.25, 0.3) is 5.56 Å². The number of benzene rings is 2. The van der Waals surface area contributed by atoms with Crippen LogP contribution in [0.25, 0.3) is 10.9 Å². The molecule has 7 heteroatoms. The fraction of sp³-hybridized carbons (Fsp3) is 0.200. The molecule has 0 atom stereocenters. The smallest absolute Gasteiger partial charge is 0.262 e. The highest BCUT2D eigenvalue weighted by molar-refractivity contribution is 7.99. The molecule has 2 aromatic carbocycles. The number of hydrogen-bond donors (Lipinski definition) is 0. The van der Waals surface area contributed by atoms with E-state index in [2.05, 4.69) is 11.6 Å². The standard InChI is InChI=1S/C20H19ClN2O3S/c1-3-10-23-19(24)17-13-14(21)4-9-18(17)22-20(23)27-12-11-26-16-7-5-15(25-2)6-8-16/h3-9,13H,1,10-12H2,2H3. The Hall–Kier alpha value is -2.44. The van der Waals surface area contributed by atoms with Crippen LogP contribution in [0, 0.1) is 0 Å². The summed E-state index contributed by atoms with van der Waals surface area (Å²) in [4.78, 5) is 17.4. The highest BCUT2D eigenvalue weighted by Gasteiger charge is 2.11. The van der Waals surface area contributed by atoms with Crippen molar-refractivity contribution in [3.63, 3.8) is 0 Å². The molecular formula is C20H19ClN2O3S. The summed E-state index contributed by atoms with van der Waals surface area (Å²) in [5.74, 6) is 2.20. The zero-order valence-corrected chi connectivity index (χ0v) is 16.4. The van der Waals surface area contributed by atoms with Crippen LogP contribution in [0.2, 0.25) is 5.02 Å². The zero-order valence-electron chi connectivity index (χ0n) is 14.9. The summed E-state index contributed by atoms with van der Waals surface area (Å²) in [6, 6.07) is 12.5. The highest BCUT2D eigenvalue weighted by Crippen LogP contribution is 2.21. The van der Waals surface area contributed by atoms with Crippen LogP contribution in [-0.4, -0.2) is 29.0 Å². The van der Waals surface area contributed by atoms with E-state index in [4.69, 9.17) is 21.1 Å². The van der Waals surface area contributed by atoms with Crippen molar-refractivity contribution >= 4 is 34.3 Å². The lowest BCUT2D eigenvalue weighted by Crippen LogP contribution is -2.23. The van der Waals surface area contributed by atoms with Crippen LogP contribution in [0.15, 0.2) is 65.1 Å². The first-order chi connectivity index (χ1) is 13.1. The van der Waals surface area contributed by atoms with E-state index in [0.717, 1.165) is 11.5 Å². The molecule has 0 saturated carbocycles. The summed E-state index contributed by atoms with van der Waals surface area (Å²) in [6.45, 7) is 4.60. The molecule has 27 heavy (non-hydrogen) atoms. The van der Waals surface area contributed by atoms with Crippen molar-refractivity contribution in [1.82, 2.24) is 9.55 Å². The van der Waals surface area contributed by atoms with E-state index in [1.165, 1.54) is 11.8 Å². The molecule has 0 amide bonds. The molecule has 0 aliphatic rings. The van der Waals surface area contributed by atoms with Crippen molar-refractivity contribution in [1.29, 1.82) is 0 Å². The van der Waals surface area contributed by atoms with Gasteiger partial charge in [-0.2, -0.15) is 0 Å². The van der Waals surface area contributed by atoms with Gasteiger partial charge < -0.3 is 9.47 Å². The Morgan fingerprint density at radius 2 is 1.96 bits per heavy atom. The molecule has 0 unspecified atom stereocenters. The van der Waals surface area contributed by atoms with Crippen LogP contribution < -0.4 is 15.0 Å². The van der Waals surface area contributed by atoms with Gasteiger partial charge in [-0.05, 0) is 42.5 Å². The minimum Gasteiger partial charge on any atom is -0.497 e. The third-order valence-corrected chi connectivity index (χ3v) is 5.01. The van der Waals surface area contributed by atoms with Crippen LogP contribution in [0.5, 0.6) is 11.5 Å². The number of nitrogens with zero attached hydrogens (tertiary/aromatic N) is 2. The van der Waals surface area contributed by atoms with E-state index in [-0.39, 0.29) is 5.56 Å². The third kappa shape index (κ3) is 4.64. The zero-order chi connectivity index (χ0) is 19.2. The van der Waals surface area contributed by atoms with Gasteiger partial charge in [0.15, 0.2) is 5.16 Å². The van der Waals surface area contributed by atoms with E-state index in [1.54, 1.807) is 36.0 Å². The summed E-state index contributed by atoms with van der Waals surface area (Å²) < 4.78 is 12.5. The molecule has 0 spiro atoms. The molecule has 0 fully saturated rings. The van der Waals surface area contributed by atoms with Crippen molar-refractivity contribution in [3.8, 4) is 11.5 Å². The van der Waals surface area contributed by atoms with Crippen LogP contribution in [-0.2, 0) is 6.54 Å². The van der Waals surface area contributed by atoms with E-state index < -0.39 is 0 Å². The SMILES string of the molecule is C=CCn1c(SCCOc2ccc(OC)cc2)nc2ccc(Cl)cc2c1=O. The second kappa shape index (κ2) is 8.97. The Labute approximate surface area is 166 Å². The summed E-state index contributed by atoms with van der Waals surface area (Å²) in [5, 5.41) is 1.65. The fourth-order valence-electron chi connectivity index (χ4n) is 2.54. The summed E-state index contributed by atoms with van der Waals surface area (Å²) in [6.07, 6.45) is 1.68. The Morgan fingerprint density at radius 3 is 2.67 bits per heavy atom. The molecule has 0 aliphatic heterocycles. The Bertz CT molecular complexity index is 1000. The minimum atomic E-state index is -0.124. The molecule has 3 rings (SSSR count). The second-order valence-corrected chi connectivity index (χ2v) is 7.13. The molecule has 0 radical (unpaired) electrons. The lowest BCUT2D eigenvalue weighted by Gasteiger charge is -2.12. The van der Waals surface area contributed by atoms with Gasteiger partial charge >= 0.3 is 0 Å². The van der Waals surface area contributed by atoms with Crippen molar-refractivity contribution < 1.29 is 9.47 Å². The van der Waals surface area contributed by atoms with Gasteiger partial charge in [0.2, 0.25) is 0 Å².